The Kier molecular flexibility index (Phi) is 10.8. The summed E-state index contributed by atoms with van der Waals surface area (Å²) in [5, 5.41) is 15.6. The van der Waals surface area contributed by atoms with Gasteiger partial charge in [0, 0.05) is 6.92 Å². The van der Waals surface area contributed by atoms with Gasteiger partial charge in [-0.1, -0.05) is 182 Å². The number of hydrogen-bond acceptors (Lipinski definition) is 8. The van der Waals surface area contributed by atoms with E-state index < -0.39 is 35.7 Å². The van der Waals surface area contributed by atoms with Crippen molar-refractivity contribution >= 4 is 22.9 Å². The van der Waals surface area contributed by atoms with E-state index in [2.05, 4.69) is 56.7 Å². The number of aliphatic hydroxyl groups is 1. The minimum atomic E-state index is -1.24. The van der Waals surface area contributed by atoms with Crippen molar-refractivity contribution in [1.29, 1.82) is 0 Å². The molecular formula is C50H43N5O5. The summed E-state index contributed by atoms with van der Waals surface area (Å²) < 4.78 is 23.6. The lowest BCUT2D eigenvalue weighted by Crippen LogP contribution is -2.45. The number of nitrogens with zero attached hydrogens (tertiary/aromatic N) is 4. The van der Waals surface area contributed by atoms with Gasteiger partial charge in [0.2, 0.25) is 5.91 Å². The fourth-order valence-electron chi connectivity index (χ4n) is 8.41. The number of fused-ring (bicyclic) bond motifs is 1. The highest BCUT2D eigenvalue weighted by Gasteiger charge is 2.52. The van der Waals surface area contributed by atoms with Crippen molar-refractivity contribution in [3.8, 4) is 0 Å². The van der Waals surface area contributed by atoms with Crippen LogP contribution in [0.3, 0.4) is 0 Å². The van der Waals surface area contributed by atoms with E-state index in [1.54, 1.807) is 10.9 Å². The van der Waals surface area contributed by atoms with Crippen LogP contribution in [0.4, 0.5) is 5.82 Å². The van der Waals surface area contributed by atoms with Crippen LogP contribution in [0.25, 0.3) is 11.2 Å². The van der Waals surface area contributed by atoms with E-state index in [0.717, 1.165) is 33.4 Å². The monoisotopic (exact) mass is 793 g/mol. The average Bonchev–Trinajstić information content (AvgIpc) is 3.88. The average molecular weight is 794 g/mol. The van der Waals surface area contributed by atoms with Crippen molar-refractivity contribution in [3.05, 3.63) is 228 Å². The lowest BCUT2D eigenvalue weighted by molar-refractivity contribution is -0.122. The molecule has 60 heavy (non-hydrogen) atoms. The van der Waals surface area contributed by atoms with E-state index in [0.29, 0.717) is 11.2 Å². The summed E-state index contributed by atoms with van der Waals surface area (Å²) in [5.41, 5.74) is 3.77. The first-order valence-electron chi connectivity index (χ1n) is 19.9. The quantitative estimate of drug-likeness (QED) is 0.112. The van der Waals surface area contributed by atoms with Crippen molar-refractivity contribution in [2.75, 3.05) is 11.9 Å². The smallest absolute Gasteiger partial charge is 0.222 e. The van der Waals surface area contributed by atoms with Gasteiger partial charge in [0.1, 0.15) is 35.8 Å². The number of aliphatic hydroxyl groups excluding tert-OH is 1. The van der Waals surface area contributed by atoms with Crippen LogP contribution in [0.2, 0.25) is 0 Å². The summed E-state index contributed by atoms with van der Waals surface area (Å²) in [6.07, 6.45) is -1.21. The second-order valence-corrected chi connectivity index (χ2v) is 14.7. The zero-order valence-electron chi connectivity index (χ0n) is 32.9. The van der Waals surface area contributed by atoms with Gasteiger partial charge < -0.3 is 24.6 Å². The van der Waals surface area contributed by atoms with Crippen molar-refractivity contribution in [2.24, 2.45) is 0 Å². The minimum Gasteiger partial charge on any atom is -0.387 e. The van der Waals surface area contributed by atoms with Crippen LogP contribution >= 0.6 is 0 Å². The molecular weight excluding hydrogens is 751 g/mol. The highest BCUT2D eigenvalue weighted by molar-refractivity contribution is 5.95. The molecule has 4 atom stereocenters. The predicted octanol–water partition coefficient (Wildman–Crippen LogP) is 8.43. The molecule has 1 saturated heterocycles. The number of aromatic nitrogens is 4. The Morgan fingerprint density at radius 3 is 1.47 bits per heavy atom. The first kappa shape index (κ1) is 38.7. The molecule has 10 heteroatoms. The van der Waals surface area contributed by atoms with E-state index in [1.165, 1.54) is 13.3 Å². The molecule has 0 saturated carbocycles. The molecule has 298 valence electrons. The number of hydrogen-bond donors (Lipinski definition) is 2. The number of nitrogens with one attached hydrogen (secondary N) is 1. The minimum absolute atomic E-state index is 0.0377. The molecule has 8 aromatic rings. The highest BCUT2D eigenvalue weighted by Crippen LogP contribution is 2.47. The summed E-state index contributed by atoms with van der Waals surface area (Å²) in [6.45, 7) is 1.37. The molecule has 0 aliphatic carbocycles. The fourth-order valence-corrected chi connectivity index (χ4v) is 8.41. The Labute approximate surface area is 348 Å². The maximum absolute atomic E-state index is 12.8. The summed E-state index contributed by atoms with van der Waals surface area (Å²) in [5.74, 6) is -0.0414. The van der Waals surface area contributed by atoms with E-state index >= 15 is 0 Å². The number of imidazole rings is 1. The van der Waals surface area contributed by atoms with Crippen LogP contribution in [-0.2, 0) is 30.2 Å². The number of amides is 1. The number of rotatable bonds is 13. The number of carbonyl (C=O) groups is 1. The Morgan fingerprint density at radius 2 is 1.05 bits per heavy atom. The maximum atomic E-state index is 12.8. The van der Waals surface area contributed by atoms with Crippen molar-refractivity contribution in [1.82, 2.24) is 19.5 Å². The third-order valence-electron chi connectivity index (χ3n) is 11.1. The van der Waals surface area contributed by atoms with Gasteiger partial charge in [0.15, 0.2) is 23.2 Å². The summed E-state index contributed by atoms with van der Waals surface area (Å²) in [7, 11) is 0. The predicted molar refractivity (Wildman–Crippen MR) is 229 cm³/mol. The normalized spacial score (nSPS) is 18.0. The van der Waals surface area contributed by atoms with Gasteiger partial charge in [-0.15, -0.1) is 0 Å². The van der Waals surface area contributed by atoms with Gasteiger partial charge in [-0.3, -0.25) is 9.36 Å². The summed E-state index contributed by atoms with van der Waals surface area (Å²) in [6, 6.07) is 60.2. The van der Waals surface area contributed by atoms with E-state index in [1.807, 2.05) is 146 Å². The molecule has 9 rings (SSSR count). The Hall–Kier alpha value is -6.82. The zero-order valence-corrected chi connectivity index (χ0v) is 32.9. The van der Waals surface area contributed by atoms with Gasteiger partial charge in [-0.2, -0.15) is 0 Å². The molecule has 1 aliphatic rings. The lowest BCUT2D eigenvalue weighted by atomic mass is 9.79. The van der Waals surface area contributed by atoms with Gasteiger partial charge in [-0.05, 0) is 33.4 Å². The number of carbonyl (C=O) groups excluding carboxylic acids is 1. The molecule has 3 heterocycles. The Morgan fingerprint density at radius 1 is 0.633 bits per heavy atom. The van der Waals surface area contributed by atoms with Crippen LogP contribution in [-0.4, -0.2) is 55.5 Å². The molecule has 1 fully saturated rings. The molecule has 1 aliphatic heterocycles. The van der Waals surface area contributed by atoms with Crippen molar-refractivity contribution in [3.63, 3.8) is 0 Å². The molecule has 2 N–H and O–H groups in total. The van der Waals surface area contributed by atoms with Gasteiger partial charge in [-0.25, -0.2) is 15.0 Å². The van der Waals surface area contributed by atoms with Crippen LogP contribution in [0.15, 0.2) is 195 Å². The van der Waals surface area contributed by atoms with Crippen LogP contribution in [0.1, 0.15) is 46.5 Å². The van der Waals surface area contributed by atoms with Crippen molar-refractivity contribution in [2.45, 2.75) is 42.7 Å². The third-order valence-corrected chi connectivity index (χ3v) is 11.1. The number of anilines is 1. The second-order valence-electron chi connectivity index (χ2n) is 14.7. The topological polar surface area (TPSA) is 121 Å². The number of benzene rings is 6. The van der Waals surface area contributed by atoms with Crippen LogP contribution in [0.5, 0.6) is 0 Å². The first-order chi connectivity index (χ1) is 29.5. The molecule has 0 spiro atoms. The third kappa shape index (κ3) is 7.05. The number of ether oxygens (including phenoxy) is 3. The zero-order chi connectivity index (χ0) is 40.9. The van der Waals surface area contributed by atoms with Gasteiger partial charge in [0.25, 0.3) is 0 Å². The molecule has 0 unspecified atom stereocenters. The van der Waals surface area contributed by atoms with Gasteiger partial charge >= 0.3 is 0 Å². The largest absolute Gasteiger partial charge is 0.387 e. The van der Waals surface area contributed by atoms with E-state index in [9.17, 15) is 9.90 Å². The second kappa shape index (κ2) is 16.8. The van der Waals surface area contributed by atoms with E-state index in [-0.39, 0.29) is 18.3 Å². The molecule has 0 radical (unpaired) electrons. The van der Waals surface area contributed by atoms with E-state index in [4.69, 9.17) is 14.2 Å². The molecule has 1 amide bonds. The standard InChI is InChI=1S/C50H43N5O5/c1-35(56)54-46-43-47(52-33-51-46)55(34-53-43)48-45(60-50(39-26-14-5-15-27-39,40-28-16-6-17-29-40)41-30-18-7-19-31-41)44(57)42(59-48)32-58-49(36-20-8-2-9-21-36,37-22-10-3-11-23-37)38-24-12-4-13-25-38/h2-31,33-34,42,44-45,48,57H,32H2,1H3,(H,51,52,54,56)/t42-,44-,45-,48-/m1/s1. The Bertz CT molecular complexity index is 2460. The highest BCUT2D eigenvalue weighted by atomic mass is 16.6. The molecule has 2 aromatic heterocycles. The maximum Gasteiger partial charge on any atom is 0.222 e. The molecule has 6 aromatic carbocycles. The Balaban J connectivity index is 1.20. The SMILES string of the molecule is CC(=O)Nc1ncnc2c1ncn2[C@@H]1O[C@H](COC(c2ccccc2)(c2ccccc2)c2ccccc2)[C@@H](O)[C@H]1OC(c1ccccc1)(c1ccccc1)c1ccccc1. The first-order valence-corrected chi connectivity index (χ1v) is 19.9. The summed E-state index contributed by atoms with van der Waals surface area (Å²) in [4.78, 5) is 25.7. The molecule has 0 bridgehead atoms. The van der Waals surface area contributed by atoms with Crippen LogP contribution < -0.4 is 5.32 Å². The van der Waals surface area contributed by atoms with Gasteiger partial charge in [0.05, 0.1) is 12.9 Å². The molecule has 10 nitrogen and oxygen atoms in total. The van der Waals surface area contributed by atoms with Crippen LogP contribution in [0, 0.1) is 0 Å². The van der Waals surface area contributed by atoms with Crippen molar-refractivity contribution < 1.29 is 24.1 Å². The summed E-state index contributed by atoms with van der Waals surface area (Å²) >= 11 is 0. The fraction of sp³-hybridized carbons (Fsp3) is 0.160. The lowest BCUT2D eigenvalue weighted by Gasteiger charge is -2.40.